The molecule has 4 nitrogen and oxygen atoms in total. The van der Waals surface area contributed by atoms with Crippen molar-refractivity contribution in [1.29, 1.82) is 0 Å². The first-order valence-electron chi connectivity index (χ1n) is 7.01. The Bertz CT molecular complexity index is 510. The minimum absolute atomic E-state index is 0.500. The molecule has 2 aromatic rings. The normalized spacial score (nSPS) is 11.0. The molecule has 5 heteroatoms. The number of nitrogens with zero attached hydrogens (tertiary/aromatic N) is 3. The molecule has 1 N–H and O–H groups in total. The molecular formula is C15H22N4S. The Kier molecular flexibility index (Phi) is 5.49. The highest BCUT2D eigenvalue weighted by Gasteiger charge is 2.10. The summed E-state index contributed by atoms with van der Waals surface area (Å²) in [5, 5.41) is 4.51. The summed E-state index contributed by atoms with van der Waals surface area (Å²) in [5.74, 6) is 0. The molecule has 0 aromatic carbocycles. The lowest BCUT2D eigenvalue weighted by molar-refractivity contribution is 0.593. The number of thiazole rings is 1. The Balaban J connectivity index is 2.01. The summed E-state index contributed by atoms with van der Waals surface area (Å²) in [5.41, 5.74) is 1.26. The zero-order valence-corrected chi connectivity index (χ0v) is 13.2. The molecule has 0 bridgehead atoms. The maximum Gasteiger partial charge on any atom is 0.185 e. The molecule has 2 rings (SSSR count). The predicted octanol–water partition coefficient (Wildman–Crippen LogP) is 3.06. The molecule has 0 aliphatic carbocycles. The van der Waals surface area contributed by atoms with Crippen LogP contribution in [-0.2, 0) is 13.1 Å². The Morgan fingerprint density at radius 1 is 1.30 bits per heavy atom. The van der Waals surface area contributed by atoms with Gasteiger partial charge in [-0.2, -0.15) is 0 Å². The fourth-order valence-electron chi connectivity index (χ4n) is 1.85. The molecule has 2 heterocycles. The lowest BCUT2D eigenvalue weighted by Crippen LogP contribution is -2.22. The number of pyridine rings is 1. The van der Waals surface area contributed by atoms with Crippen molar-refractivity contribution < 1.29 is 0 Å². The molecule has 0 atom stereocenters. The van der Waals surface area contributed by atoms with Crippen LogP contribution in [0.25, 0.3) is 0 Å². The number of aromatic nitrogens is 2. The van der Waals surface area contributed by atoms with Crippen LogP contribution < -0.4 is 10.2 Å². The topological polar surface area (TPSA) is 41.1 Å². The second-order valence-electron chi connectivity index (χ2n) is 5.01. The first kappa shape index (κ1) is 14.9. The Labute approximate surface area is 124 Å². The highest BCUT2D eigenvalue weighted by atomic mass is 32.1. The van der Waals surface area contributed by atoms with E-state index in [1.807, 2.05) is 18.6 Å². The molecule has 2 aromatic heterocycles. The quantitative estimate of drug-likeness (QED) is 0.851. The van der Waals surface area contributed by atoms with Gasteiger partial charge in [0.1, 0.15) is 0 Å². The first-order valence-corrected chi connectivity index (χ1v) is 7.82. The molecule has 0 aliphatic heterocycles. The van der Waals surface area contributed by atoms with Crippen LogP contribution in [0.1, 0.15) is 31.2 Å². The number of hydrogen-bond donors (Lipinski definition) is 1. The van der Waals surface area contributed by atoms with Crippen molar-refractivity contribution in [1.82, 2.24) is 15.3 Å². The summed E-state index contributed by atoms with van der Waals surface area (Å²) in [6.07, 6.45) is 5.65. The van der Waals surface area contributed by atoms with Crippen LogP contribution in [0.5, 0.6) is 0 Å². The van der Waals surface area contributed by atoms with Gasteiger partial charge in [-0.3, -0.25) is 4.98 Å². The largest absolute Gasteiger partial charge is 0.344 e. The van der Waals surface area contributed by atoms with E-state index in [2.05, 4.69) is 53.1 Å². The molecular weight excluding hydrogens is 268 g/mol. The van der Waals surface area contributed by atoms with Gasteiger partial charge < -0.3 is 10.2 Å². The van der Waals surface area contributed by atoms with Crippen LogP contribution >= 0.6 is 11.3 Å². The Morgan fingerprint density at radius 2 is 2.05 bits per heavy atom. The van der Waals surface area contributed by atoms with Crippen molar-refractivity contribution in [3.05, 3.63) is 41.2 Å². The minimum atomic E-state index is 0.500. The molecule has 108 valence electrons. The molecule has 0 radical (unpaired) electrons. The molecule has 0 saturated heterocycles. The molecule has 0 saturated carbocycles. The number of rotatable bonds is 7. The van der Waals surface area contributed by atoms with E-state index >= 15 is 0 Å². The summed E-state index contributed by atoms with van der Waals surface area (Å²) in [7, 11) is 0. The van der Waals surface area contributed by atoms with Crippen LogP contribution in [0.3, 0.4) is 0 Å². The van der Waals surface area contributed by atoms with Crippen LogP contribution in [0.4, 0.5) is 5.13 Å². The highest BCUT2D eigenvalue weighted by molar-refractivity contribution is 7.15. The van der Waals surface area contributed by atoms with Crippen molar-refractivity contribution in [2.75, 3.05) is 11.4 Å². The monoisotopic (exact) mass is 290 g/mol. The van der Waals surface area contributed by atoms with Gasteiger partial charge in [0.15, 0.2) is 5.13 Å². The van der Waals surface area contributed by atoms with Crippen molar-refractivity contribution in [2.45, 2.75) is 39.9 Å². The fourth-order valence-corrected chi connectivity index (χ4v) is 2.78. The third kappa shape index (κ3) is 4.28. The van der Waals surface area contributed by atoms with Gasteiger partial charge in [0, 0.05) is 49.1 Å². The van der Waals surface area contributed by atoms with Crippen molar-refractivity contribution in [2.24, 2.45) is 0 Å². The fraction of sp³-hybridized carbons (Fsp3) is 0.467. The number of anilines is 1. The van der Waals surface area contributed by atoms with Gasteiger partial charge in [0.25, 0.3) is 0 Å². The summed E-state index contributed by atoms with van der Waals surface area (Å²) < 4.78 is 0. The molecule has 0 spiro atoms. The molecule has 0 aliphatic rings. The van der Waals surface area contributed by atoms with Gasteiger partial charge in [-0.25, -0.2) is 4.98 Å². The predicted molar refractivity (Wildman–Crippen MR) is 85.1 cm³/mol. The maximum atomic E-state index is 4.55. The molecule has 0 unspecified atom stereocenters. The van der Waals surface area contributed by atoms with Gasteiger partial charge in [-0.05, 0) is 24.6 Å². The summed E-state index contributed by atoms with van der Waals surface area (Å²) in [6.45, 7) is 9.20. The highest BCUT2D eigenvalue weighted by Crippen LogP contribution is 2.23. The summed E-state index contributed by atoms with van der Waals surface area (Å²) in [4.78, 5) is 12.2. The standard InChI is InChI=1S/C15H22N4S/c1-4-19(11-13-5-7-16-8-6-13)15-18-10-14(20-15)9-17-12(2)3/h5-8,10,12,17H,4,9,11H2,1-3H3. The van der Waals surface area contributed by atoms with E-state index in [-0.39, 0.29) is 0 Å². The van der Waals surface area contributed by atoms with Crippen LogP contribution in [0.15, 0.2) is 30.7 Å². The van der Waals surface area contributed by atoms with E-state index in [1.54, 1.807) is 11.3 Å². The van der Waals surface area contributed by atoms with E-state index in [0.717, 1.165) is 24.8 Å². The van der Waals surface area contributed by atoms with Gasteiger partial charge >= 0.3 is 0 Å². The molecule has 20 heavy (non-hydrogen) atoms. The third-order valence-electron chi connectivity index (χ3n) is 3.00. The summed E-state index contributed by atoms with van der Waals surface area (Å²) in [6, 6.07) is 4.61. The Hall–Kier alpha value is -1.46. The van der Waals surface area contributed by atoms with Crippen LogP contribution in [0, 0.1) is 0 Å². The molecule has 0 fully saturated rings. The second-order valence-corrected chi connectivity index (χ2v) is 6.11. The van der Waals surface area contributed by atoms with Crippen LogP contribution in [0.2, 0.25) is 0 Å². The zero-order valence-electron chi connectivity index (χ0n) is 12.3. The van der Waals surface area contributed by atoms with E-state index in [0.29, 0.717) is 6.04 Å². The van der Waals surface area contributed by atoms with Crippen molar-refractivity contribution in [3.8, 4) is 0 Å². The lowest BCUT2D eigenvalue weighted by atomic mass is 10.2. The number of hydrogen-bond acceptors (Lipinski definition) is 5. The van der Waals surface area contributed by atoms with Crippen molar-refractivity contribution in [3.63, 3.8) is 0 Å². The number of nitrogens with one attached hydrogen (secondary N) is 1. The van der Waals surface area contributed by atoms with Gasteiger partial charge in [0.05, 0.1) is 0 Å². The Morgan fingerprint density at radius 3 is 2.70 bits per heavy atom. The smallest absolute Gasteiger partial charge is 0.185 e. The van der Waals surface area contributed by atoms with Gasteiger partial charge in [-0.15, -0.1) is 11.3 Å². The van der Waals surface area contributed by atoms with E-state index in [4.69, 9.17) is 0 Å². The molecule has 0 amide bonds. The van der Waals surface area contributed by atoms with E-state index in [1.165, 1.54) is 10.4 Å². The second kappa shape index (κ2) is 7.36. The first-order chi connectivity index (χ1) is 9.69. The van der Waals surface area contributed by atoms with Crippen LogP contribution in [-0.4, -0.2) is 22.6 Å². The van der Waals surface area contributed by atoms with Gasteiger partial charge in [0.2, 0.25) is 0 Å². The van der Waals surface area contributed by atoms with Crippen molar-refractivity contribution >= 4 is 16.5 Å². The maximum absolute atomic E-state index is 4.55. The zero-order chi connectivity index (χ0) is 14.4. The van der Waals surface area contributed by atoms with E-state index < -0.39 is 0 Å². The minimum Gasteiger partial charge on any atom is -0.344 e. The SMILES string of the molecule is CCN(Cc1ccncc1)c1ncc(CNC(C)C)s1. The van der Waals surface area contributed by atoms with Gasteiger partial charge in [-0.1, -0.05) is 13.8 Å². The third-order valence-corrected chi connectivity index (χ3v) is 4.06. The van der Waals surface area contributed by atoms with E-state index in [9.17, 15) is 0 Å². The average Bonchev–Trinajstić information content (AvgIpc) is 2.92. The lowest BCUT2D eigenvalue weighted by Gasteiger charge is -2.19. The summed E-state index contributed by atoms with van der Waals surface area (Å²) >= 11 is 1.76. The average molecular weight is 290 g/mol.